The molecule has 2 aromatic carbocycles. The van der Waals surface area contributed by atoms with Crippen molar-refractivity contribution in [2.24, 2.45) is 0 Å². The van der Waals surface area contributed by atoms with E-state index in [1.165, 1.54) is 0 Å². The molecule has 0 heterocycles. The highest BCUT2D eigenvalue weighted by atomic mass is 79.9. The summed E-state index contributed by atoms with van der Waals surface area (Å²) in [5.41, 5.74) is 7.38. The van der Waals surface area contributed by atoms with Gasteiger partial charge in [0.2, 0.25) is 0 Å². The molecule has 1 amide bonds. The zero-order chi connectivity index (χ0) is 26.7. The minimum Gasteiger partial charge on any atom is -0.480 e. The average molecular weight is 586 g/mol. The van der Waals surface area contributed by atoms with Crippen LogP contribution in [0.1, 0.15) is 49.0 Å². The fraction of sp³-hybridized carbons (Fsp3) is 0.417. The second kappa shape index (κ2) is 14.5. The number of hydrogen-bond acceptors (Lipinski definition) is 8. The second-order valence-corrected chi connectivity index (χ2v) is 12.2. The number of alkyl halides is 1. The molecule has 2 aromatic rings. The van der Waals surface area contributed by atoms with Gasteiger partial charge in [-0.05, 0) is 44.4 Å². The molecule has 0 saturated heterocycles. The monoisotopic (exact) mass is 585 g/mol. The molecule has 198 valence electrons. The maximum Gasteiger partial charge on any atom is 0.408 e. The Kier molecular flexibility index (Phi) is 12.0. The molecular formula is C24H33BrN3O7P. The van der Waals surface area contributed by atoms with Crippen molar-refractivity contribution in [3.63, 3.8) is 0 Å². The first kappa shape index (κ1) is 30.0. The highest BCUT2D eigenvalue weighted by Crippen LogP contribution is 2.63. The Morgan fingerprint density at radius 1 is 0.917 bits per heavy atom. The number of hydroxylamine groups is 2. The zero-order valence-electron chi connectivity index (χ0n) is 20.6. The highest BCUT2D eigenvalue weighted by molar-refractivity contribution is 9.10. The van der Waals surface area contributed by atoms with Gasteiger partial charge in [0.05, 0.1) is 0 Å². The summed E-state index contributed by atoms with van der Waals surface area (Å²) >= 11 is 3.42. The third-order valence-electron chi connectivity index (χ3n) is 4.61. The van der Waals surface area contributed by atoms with Gasteiger partial charge in [-0.1, -0.05) is 70.5 Å². The fourth-order valence-electron chi connectivity index (χ4n) is 2.81. The largest absolute Gasteiger partial charge is 0.480 e. The number of hydrogen-bond donors (Lipinski definition) is 4. The van der Waals surface area contributed by atoms with Crippen molar-refractivity contribution in [1.82, 2.24) is 16.3 Å². The van der Waals surface area contributed by atoms with Crippen molar-refractivity contribution < 1.29 is 33.2 Å². The first-order valence-electron chi connectivity index (χ1n) is 11.4. The van der Waals surface area contributed by atoms with Crippen molar-refractivity contribution >= 4 is 35.6 Å². The number of alkyl carbamates (subject to hydrolysis) is 1. The predicted molar refractivity (Wildman–Crippen MR) is 139 cm³/mol. The molecule has 2 unspecified atom stereocenters. The van der Waals surface area contributed by atoms with E-state index in [9.17, 15) is 19.3 Å². The van der Waals surface area contributed by atoms with E-state index in [1.807, 2.05) is 45.9 Å². The van der Waals surface area contributed by atoms with Crippen LogP contribution in [0.2, 0.25) is 0 Å². The van der Waals surface area contributed by atoms with Gasteiger partial charge in [0, 0.05) is 18.5 Å². The van der Waals surface area contributed by atoms with Crippen LogP contribution in [0.5, 0.6) is 0 Å². The van der Waals surface area contributed by atoms with E-state index in [0.717, 1.165) is 5.56 Å². The number of halogens is 1. The Morgan fingerprint density at radius 3 is 1.97 bits per heavy atom. The van der Waals surface area contributed by atoms with E-state index in [0.29, 0.717) is 11.1 Å². The highest BCUT2D eigenvalue weighted by Gasteiger charge is 2.37. The van der Waals surface area contributed by atoms with Crippen molar-refractivity contribution in [3.05, 3.63) is 71.3 Å². The van der Waals surface area contributed by atoms with E-state index in [2.05, 4.69) is 32.2 Å². The summed E-state index contributed by atoms with van der Waals surface area (Å²) in [4.78, 5) is 23.8. The Hall–Kier alpha value is -2.27. The second-order valence-electron chi connectivity index (χ2n) is 8.65. The molecule has 0 aliphatic carbocycles. The van der Waals surface area contributed by atoms with E-state index < -0.39 is 30.3 Å². The van der Waals surface area contributed by atoms with Crippen molar-refractivity contribution in [2.45, 2.75) is 63.4 Å². The summed E-state index contributed by atoms with van der Waals surface area (Å²) in [6.45, 7) is 7.37. The molecule has 0 aliphatic heterocycles. The van der Waals surface area contributed by atoms with Crippen LogP contribution < -0.4 is 16.3 Å². The third-order valence-corrected chi connectivity index (χ3v) is 8.21. The lowest BCUT2D eigenvalue weighted by Crippen LogP contribution is -2.42. The first-order valence-corrected chi connectivity index (χ1v) is 13.9. The van der Waals surface area contributed by atoms with Gasteiger partial charge < -0.3 is 15.2 Å². The lowest BCUT2D eigenvalue weighted by atomic mass is 10.0. The molecule has 0 bridgehead atoms. The molecule has 0 spiro atoms. The number of amides is 1. The topological polar surface area (TPSA) is 135 Å². The molecular weight excluding hydrogens is 553 g/mol. The van der Waals surface area contributed by atoms with Crippen LogP contribution in [0.25, 0.3) is 0 Å². The molecule has 12 heteroatoms. The van der Waals surface area contributed by atoms with Gasteiger partial charge in [0.25, 0.3) is 0 Å². The maximum atomic E-state index is 13.4. The molecule has 4 N–H and O–H groups in total. The van der Waals surface area contributed by atoms with Crippen molar-refractivity contribution in [2.75, 3.05) is 0 Å². The van der Waals surface area contributed by atoms with Crippen LogP contribution in [0.4, 0.5) is 4.79 Å². The first-order chi connectivity index (χ1) is 17.0. The van der Waals surface area contributed by atoms with Gasteiger partial charge >= 0.3 is 19.7 Å². The third kappa shape index (κ3) is 10.0. The number of carboxylic acid groups (broad SMARTS) is 1. The Labute approximate surface area is 219 Å². The van der Waals surface area contributed by atoms with Crippen LogP contribution in [-0.4, -0.2) is 35.3 Å². The standard InChI is InChI=1S/C24H33BrN3O7P/c1-16(2)27-34-36(32,35-28-17(3)4)22(25)20-12-10-18(11-13-20)14-21(23(29)30)26-24(31)33-15-19-8-6-5-7-9-19/h5-13,16-17,21-22,27-28H,14-15H2,1-4H3,(H,26,31)(H,29,30). The van der Waals surface area contributed by atoms with Gasteiger partial charge in [-0.3, -0.25) is 4.57 Å². The number of carboxylic acids is 1. The van der Waals surface area contributed by atoms with Gasteiger partial charge in [-0.2, -0.15) is 11.0 Å². The fourth-order valence-corrected chi connectivity index (χ4v) is 5.09. The molecule has 0 aromatic heterocycles. The maximum absolute atomic E-state index is 13.4. The smallest absolute Gasteiger partial charge is 0.408 e. The lowest BCUT2D eigenvalue weighted by Gasteiger charge is -2.25. The quantitative estimate of drug-likeness (QED) is 0.136. The van der Waals surface area contributed by atoms with Crippen molar-refractivity contribution in [1.29, 1.82) is 0 Å². The number of ether oxygens (including phenoxy) is 1. The SMILES string of the molecule is CC(C)NOP(=O)(ONC(C)C)C(Br)c1ccc(CC(NC(=O)OCc2ccccc2)C(=O)O)cc1. The van der Waals surface area contributed by atoms with Crippen molar-refractivity contribution in [3.8, 4) is 0 Å². The molecule has 0 saturated carbocycles. The number of nitrogens with one attached hydrogen (secondary N) is 3. The Morgan fingerprint density at radius 2 is 1.47 bits per heavy atom. The molecule has 10 nitrogen and oxygen atoms in total. The van der Waals surface area contributed by atoms with Crippen LogP contribution in [0.15, 0.2) is 54.6 Å². The number of rotatable bonds is 14. The average Bonchev–Trinajstić information content (AvgIpc) is 2.85. The number of aliphatic carboxylic acids is 1. The predicted octanol–water partition coefficient (Wildman–Crippen LogP) is 5.05. The summed E-state index contributed by atoms with van der Waals surface area (Å²) in [6, 6.07) is 14.4. The normalized spacial score (nSPS) is 13.4. The minimum absolute atomic E-state index is 0.0253. The van der Waals surface area contributed by atoms with Gasteiger partial charge in [-0.15, -0.1) is 0 Å². The molecule has 0 fully saturated rings. The zero-order valence-corrected chi connectivity index (χ0v) is 23.1. The molecule has 0 radical (unpaired) electrons. The summed E-state index contributed by atoms with van der Waals surface area (Å²) < 4.78 is 28.6. The van der Waals surface area contributed by atoms with Gasteiger partial charge in [0.1, 0.15) is 17.2 Å². The summed E-state index contributed by atoms with van der Waals surface area (Å²) in [6.07, 6.45) is -0.800. The number of benzene rings is 2. The van der Waals surface area contributed by atoms with E-state index in [-0.39, 0.29) is 25.1 Å². The van der Waals surface area contributed by atoms with Gasteiger partial charge in [0.15, 0.2) is 0 Å². The van der Waals surface area contributed by atoms with Crippen LogP contribution >= 0.6 is 23.5 Å². The molecule has 2 rings (SSSR count). The van der Waals surface area contributed by atoms with E-state index in [1.54, 1.807) is 36.4 Å². The van der Waals surface area contributed by atoms with Crippen LogP contribution in [-0.2, 0) is 36.4 Å². The van der Waals surface area contributed by atoms with Crippen LogP contribution in [0, 0.1) is 0 Å². The minimum atomic E-state index is -3.72. The van der Waals surface area contributed by atoms with Gasteiger partial charge in [-0.25, -0.2) is 18.8 Å². The van der Waals surface area contributed by atoms with E-state index >= 15 is 0 Å². The summed E-state index contributed by atoms with van der Waals surface area (Å²) in [5.74, 6) is -1.19. The molecule has 0 aliphatic rings. The summed E-state index contributed by atoms with van der Waals surface area (Å²) in [5, 5.41) is 11.9. The Balaban J connectivity index is 2.04. The number of carbonyl (C=O) groups is 2. The number of carbonyl (C=O) groups excluding carboxylic acids is 1. The molecule has 2 atom stereocenters. The lowest BCUT2D eigenvalue weighted by molar-refractivity contribution is -0.139. The molecule has 36 heavy (non-hydrogen) atoms. The Bertz CT molecular complexity index is 1010. The summed E-state index contributed by atoms with van der Waals surface area (Å²) in [7, 11) is -3.72. The van der Waals surface area contributed by atoms with E-state index in [4.69, 9.17) is 14.0 Å². The van der Waals surface area contributed by atoms with Crippen LogP contribution in [0.3, 0.4) is 0 Å².